The molecule has 0 aromatic rings. The Hall–Kier alpha value is -0.800. The Balaban J connectivity index is 4.13. The quantitative estimate of drug-likeness (QED) is 0.0349. The fourth-order valence-electron chi connectivity index (χ4n) is 5.94. The molecule has 53 heavy (non-hydrogen) atoms. The smallest absolute Gasteiger partial charge is 0.180 e. The summed E-state index contributed by atoms with van der Waals surface area (Å²) in [6.45, 7) is 17.3. The summed E-state index contributed by atoms with van der Waals surface area (Å²) in [5, 5.41) is 0. The highest BCUT2D eigenvalue weighted by molar-refractivity contribution is 4.89. The molecule has 0 radical (unpaired) electrons. The molecule has 0 saturated carbocycles. The molecule has 0 aliphatic rings. The van der Waals surface area contributed by atoms with Crippen LogP contribution in [0.15, 0.2) is 24.3 Å². The lowest BCUT2D eigenvalue weighted by Crippen LogP contribution is -2.24. The number of hydrogen-bond donors (Lipinski definition) is 0. The molecule has 0 aromatic heterocycles. The van der Waals surface area contributed by atoms with E-state index in [0.717, 1.165) is 77.8 Å². The maximum Gasteiger partial charge on any atom is 0.180 e. The molecule has 0 heterocycles. The number of ether oxygens (including phenoxy) is 7. The van der Waals surface area contributed by atoms with Crippen LogP contribution in [0.3, 0.4) is 0 Å². The van der Waals surface area contributed by atoms with Crippen LogP contribution in [0.25, 0.3) is 0 Å². The predicted octanol–water partition coefficient (Wildman–Crippen LogP) is 13.8. The molecule has 7 heteroatoms. The topological polar surface area (TPSA) is 64.6 Å². The highest BCUT2D eigenvalue weighted by Crippen LogP contribution is 2.16. The first-order valence-corrected chi connectivity index (χ1v) is 22.8. The van der Waals surface area contributed by atoms with Crippen LogP contribution in [-0.2, 0) is 33.2 Å². The van der Waals surface area contributed by atoms with Crippen molar-refractivity contribution in [2.24, 2.45) is 0 Å². The van der Waals surface area contributed by atoms with Crippen molar-refractivity contribution in [2.45, 2.75) is 234 Å². The first kappa shape index (κ1) is 52.2. The van der Waals surface area contributed by atoms with E-state index in [4.69, 9.17) is 33.2 Å². The number of rotatable bonds is 44. The Kier molecular flexibility index (Phi) is 43.3. The van der Waals surface area contributed by atoms with Gasteiger partial charge in [0.15, 0.2) is 25.2 Å². The SMILES string of the molecule is CCCCOC(CCCCCCCCCC=CC(OCC)OC(C=CCCCCCCCCCC(OCCCC)OCCCC)OCC)OCCCC. The number of hydrogen-bond acceptors (Lipinski definition) is 7. The Bertz CT molecular complexity index is 665. The van der Waals surface area contributed by atoms with E-state index in [9.17, 15) is 0 Å². The molecule has 0 aliphatic heterocycles. The van der Waals surface area contributed by atoms with Crippen LogP contribution >= 0.6 is 0 Å². The van der Waals surface area contributed by atoms with Crippen molar-refractivity contribution < 1.29 is 33.2 Å². The summed E-state index contributed by atoms with van der Waals surface area (Å²) in [6.07, 6.45) is 38.7. The van der Waals surface area contributed by atoms with Crippen molar-refractivity contribution in [3.63, 3.8) is 0 Å². The van der Waals surface area contributed by atoms with Crippen molar-refractivity contribution in [3.8, 4) is 0 Å². The number of unbranched alkanes of at least 4 members (excludes halogenated alkanes) is 18. The summed E-state index contributed by atoms with van der Waals surface area (Å²) in [7, 11) is 0. The van der Waals surface area contributed by atoms with Crippen molar-refractivity contribution in [1.29, 1.82) is 0 Å². The van der Waals surface area contributed by atoms with Crippen LogP contribution in [0.4, 0.5) is 0 Å². The van der Waals surface area contributed by atoms with Crippen LogP contribution < -0.4 is 0 Å². The van der Waals surface area contributed by atoms with Gasteiger partial charge in [-0.2, -0.15) is 0 Å². The summed E-state index contributed by atoms with van der Waals surface area (Å²) in [5.41, 5.74) is 0. The predicted molar refractivity (Wildman–Crippen MR) is 224 cm³/mol. The highest BCUT2D eigenvalue weighted by atomic mass is 16.8. The van der Waals surface area contributed by atoms with Gasteiger partial charge in [0.1, 0.15) is 0 Å². The molecule has 0 spiro atoms. The third-order valence-electron chi connectivity index (χ3n) is 9.34. The van der Waals surface area contributed by atoms with E-state index >= 15 is 0 Å². The second kappa shape index (κ2) is 43.9. The maximum atomic E-state index is 6.19. The van der Waals surface area contributed by atoms with Crippen molar-refractivity contribution in [1.82, 2.24) is 0 Å². The minimum atomic E-state index is -0.386. The van der Waals surface area contributed by atoms with Crippen LogP contribution in [0, 0.1) is 0 Å². The lowest BCUT2D eigenvalue weighted by molar-refractivity contribution is -0.204. The molecule has 0 amide bonds. The normalized spacial score (nSPS) is 13.4. The summed E-state index contributed by atoms with van der Waals surface area (Å²) >= 11 is 0. The summed E-state index contributed by atoms with van der Waals surface area (Å²) in [5.74, 6) is 0. The maximum absolute atomic E-state index is 6.19. The van der Waals surface area contributed by atoms with Gasteiger partial charge in [0.2, 0.25) is 0 Å². The molecule has 0 fully saturated rings. The second-order valence-electron chi connectivity index (χ2n) is 14.5. The average Bonchev–Trinajstić information content (AvgIpc) is 3.15. The zero-order valence-corrected chi connectivity index (χ0v) is 36.1. The van der Waals surface area contributed by atoms with Crippen molar-refractivity contribution >= 4 is 0 Å². The molecule has 7 nitrogen and oxygen atoms in total. The standard InChI is InChI=1S/C46H90O7/c1-7-13-39-49-43(50-40-14-8-2)35-31-27-23-19-17-21-25-29-33-37-45(47-11-5)53-46(48-12-6)38-34-30-26-22-18-20-24-28-32-36-44(51-41-15-9-3)52-42-16-10-4/h33-34,37-38,43-46H,7-32,35-36,39-42H2,1-6H3. The lowest BCUT2D eigenvalue weighted by atomic mass is 10.1. The van der Waals surface area contributed by atoms with Gasteiger partial charge in [-0.3, -0.25) is 0 Å². The molecular formula is C46H90O7. The third-order valence-corrected chi connectivity index (χ3v) is 9.34. The molecule has 0 saturated heterocycles. The molecular weight excluding hydrogens is 664 g/mol. The lowest BCUT2D eigenvalue weighted by Gasteiger charge is -2.20. The Morgan fingerprint density at radius 3 is 0.943 bits per heavy atom. The molecule has 0 rings (SSSR count). The first-order chi connectivity index (χ1) is 26.1. The van der Waals surface area contributed by atoms with Crippen LogP contribution in [0.2, 0.25) is 0 Å². The molecule has 0 aromatic carbocycles. The molecule has 0 bridgehead atoms. The molecule has 316 valence electrons. The van der Waals surface area contributed by atoms with Gasteiger partial charge in [-0.15, -0.1) is 0 Å². The number of allylic oxidation sites excluding steroid dienone is 2. The van der Waals surface area contributed by atoms with Gasteiger partial charge in [0, 0.05) is 39.6 Å². The first-order valence-electron chi connectivity index (χ1n) is 22.8. The van der Waals surface area contributed by atoms with E-state index in [1.807, 2.05) is 13.8 Å². The molecule has 2 unspecified atom stereocenters. The van der Waals surface area contributed by atoms with Gasteiger partial charge in [-0.05, 0) is 103 Å². The molecule has 2 atom stereocenters. The van der Waals surface area contributed by atoms with Crippen LogP contribution in [0.1, 0.15) is 208 Å². The van der Waals surface area contributed by atoms with Crippen molar-refractivity contribution in [2.75, 3.05) is 39.6 Å². The zero-order valence-electron chi connectivity index (χ0n) is 36.1. The van der Waals surface area contributed by atoms with Gasteiger partial charge in [0.25, 0.3) is 0 Å². The van der Waals surface area contributed by atoms with Gasteiger partial charge in [-0.25, -0.2) is 0 Å². The van der Waals surface area contributed by atoms with E-state index < -0.39 is 0 Å². The zero-order chi connectivity index (χ0) is 38.7. The summed E-state index contributed by atoms with van der Waals surface area (Å²) < 4.78 is 41.9. The monoisotopic (exact) mass is 755 g/mol. The fourth-order valence-corrected chi connectivity index (χ4v) is 5.94. The third kappa shape index (κ3) is 37.9. The Labute approximate surface area is 330 Å². The van der Waals surface area contributed by atoms with E-state index in [2.05, 4.69) is 52.0 Å². The molecule has 0 N–H and O–H groups in total. The van der Waals surface area contributed by atoms with Gasteiger partial charge in [0.05, 0.1) is 0 Å². The second-order valence-corrected chi connectivity index (χ2v) is 14.5. The molecule has 0 aliphatic carbocycles. The van der Waals surface area contributed by atoms with Crippen LogP contribution in [0.5, 0.6) is 0 Å². The average molecular weight is 755 g/mol. The summed E-state index contributed by atoms with van der Waals surface area (Å²) in [4.78, 5) is 0. The fraction of sp³-hybridized carbons (Fsp3) is 0.913. The van der Waals surface area contributed by atoms with E-state index in [0.29, 0.717) is 13.2 Å². The minimum absolute atomic E-state index is 0.0126. The van der Waals surface area contributed by atoms with Crippen molar-refractivity contribution in [3.05, 3.63) is 24.3 Å². The van der Waals surface area contributed by atoms with Gasteiger partial charge < -0.3 is 33.2 Å². The minimum Gasteiger partial charge on any atom is -0.353 e. The van der Waals surface area contributed by atoms with Gasteiger partial charge in [-0.1, -0.05) is 130 Å². The van der Waals surface area contributed by atoms with E-state index in [1.165, 1.54) is 116 Å². The van der Waals surface area contributed by atoms with Crippen LogP contribution in [-0.4, -0.2) is 64.8 Å². The van der Waals surface area contributed by atoms with E-state index in [-0.39, 0.29) is 25.2 Å². The van der Waals surface area contributed by atoms with Gasteiger partial charge >= 0.3 is 0 Å². The summed E-state index contributed by atoms with van der Waals surface area (Å²) in [6, 6.07) is 0. The highest BCUT2D eigenvalue weighted by Gasteiger charge is 2.13. The Morgan fingerprint density at radius 2 is 0.642 bits per heavy atom. The Morgan fingerprint density at radius 1 is 0.340 bits per heavy atom. The largest absolute Gasteiger partial charge is 0.353 e. The van der Waals surface area contributed by atoms with E-state index in [1.54, 1.807) is 0 Å².